The van der Waals surface area contributed by atoms with Gasteiger partial charge in [-0.15, -0.1) is 0 Å². The first-order valence-electron chi connectivity index (χ1n) is 8.34. The van der Waals surface area contributed by atoms with Gasteiger partial charge in [0, 0.05) is 18.0 Å². The number of hydrogen-bond donors (Lipinski definition) is 2. The van der Waals surface area contributed by atoms with Gasteiger partial charge in [0.1, 0.15) is 0 Å². The minimum Gasteiger partial charge on any atom is -0.326 e. The van der Waals surface area contributed by atoms with Crippen LogP contribution in [0.3, 0.4) is 0 Å². The molecule has 0 aromatic heterocycles. The van der Waals surface area contributed by atoms with E-state index in [-0.39, 0.29) is 17.7 Å². The maximum Gasteiger partial charge on any atom is 0.240 e. The average molecular weight is 315 g/mol. The fraction of sp³-hybridized carbons (Fsp3) is 0.500. The summed E-state index contributed by atoms with van der Waals surface area (Å²) >= 11 is 0. The van der Waals surface area contributed by atoms with Gasteiger partial charge in [-0.3, -0.25) is 9.59 Å². The molecule has 0 spiro atoms. The highest BCUT2D eigenvalue weighted by Gasteiger charge is 2.29. The normalized spacial score (nSPS) is 14.4. The van der Waals surface area contributed by atoms with Crippen molar-refractivity contribution in [1.82, 2.24) is 5.43 Å². The third kappa shape index (κ3) is 5.85. The first-order chi connectivity index (χ1) is 11.1. The summed E-state index contributed by atoms with van der Waals surface area (Å²) in [7, 11) is 0. The summed E-state index contributed by atoms with van der Waals surface area (Å²) in [6.07, 6.45) is 5.55. The highest BCUT2D eigenvalue weighted by Crippen LogP contribution is 2.30. The summed E-state index contributed by atoms with van der Waals surface area (Å²) < 4.78 is 0. The Bertz CT molecular complexity index is 574. The van der Waals surface area contributed by atoms with E-state index in [9.17, 15) is 9.59 Å². The zero-order chi connectivity index (χ0) is 16.7. The van der Waals surface area contributed by atoms with E-state index in [0.29, 0.717) is 6.42 Å². The molecule has 0 bridgehead atoms. The van der Waals surface area contributed by atoms with Gasteiger partial charge in [0.2, 0.25) is 11.8 Å². The van der Waals surface area contributed by atoms with Crippen molar-refractivity contribution < 1.29 is 9.59 Å². The van der Waals surface area contributed by atoms with Crippen molar-refractivity contribution in [3.8, 4) is 0 Å². The Morgan fingerprint density at radius 2 is 1.87 bits per heavy atom. The first-order valence-corrected chi connectivity index (χ1v) is 8.34. The van der Waals surface area contributed by atoms with Crippen LogP contribution < -0.4 is 10.7 Å². The maximum atomic E-state index is 11.7. The van der Waals surface area contributed by atoms with Gasteiger partial charge < -0.3 is 5.32 Å². The number of unbranched alkanes of at least 4 members (excludes halogenated alkanes) is 2. The molecule has 1 aliphatic carbocycles. The van der Waals surface area contributed by atoms with Crippen LogP contribution in [0, 0.1) is 5.92 Å². The number of hydrogen-bond acceptors (Lipinski definition) is 3. The molecule has 0 radical (unpaired) electrons. The topological polar surface area (TPSA) is 70.6 Å². The lowest BCUT2D eigenvalue weighted by Gasteiger charge is -2.06. The molecule has 0 heterocycles. The van der Waals surface area contributed by atoms with E-state index in [4.69, 9.17) is 0 Å². The molecule has 1 fully saturated rings. The maximum absolute atomic E-state index is 11.7. The predicted molar refractivity (Wildman–Crippen MR) is 92.3 cm³/mol. The zero-order valence-electron chi connectivity index (χ0n) is 13.9. The van der Waals surface area contributed by atoms with Gasteiger partial charge in [0.15, 0.2) is 0 Å². The van der Waals surface area contributed by atoms with E-state index >= 15 is 0 Å². The Morgan fingerprint density at radius 1 is 1.17 bits per heavy atom. The molecule has 2 N–H and O–H groups in total. The number of carbonyl (C=O) groups is 2. The molecular weight excluding hydrogens is 290 g/mol. The molecule has 23 heavy (non-hydrogen) atoms. The highest BCUT2D eigenvalue weighted by molar-refractivity contribution is 6.00. The molecular formula is C18H25N3O2. The van der Waals surface area contributed by atoms with Crippen molar-refractivity contribution in [1.29, 1.82) is 0 Å². The molecule has 0 atom stereocenters. The molecule has 0 saturated heterocycles. The lowest BCUT2D eigenvalue weighted by atomic mass is 10.1. The standard InChI is InChI=1S/C18H25N3O2/c1-3-4-5-6-17(22)21-20-13(2)14-9-11-16(12-10-14)19-18(23)15-7-8-15/h9-12,15H,3-8H2,1-2H3,(H,19,23)(H,21,22)/b20-13+. The number of hydrazone groups is 1. The number of amides is 2. The molecule has 1 aromatic carbocycles. The first kappa shape index (κ1) is 17.2. The molecule has 1 aliphatic rings. The van der Waals surface area contributed by atoms with Crippen LogP contribution in [0.15, 0.2) is 29.4 Å². The Balaban J connectivity index is 1.83. The number of benzene rings is 1. The second-order valence-corrected chi connectivity index (χ2v) is 6.03. The summed E-state index contributed by atoms with van der Waals surface area (Å²) in [5, 5.41) is 7.03. The summed E-state index contributed by atoms with van der Waals surface area (Å²) in [5.41, 5.74) is 5.05. The summed E-state index contributed by atoms with van der Waals surface area (Å²) in [5.74, 6) is 0.245. The Hall–Kier alpha value is -2.17. The van der Waals surface area contributed by atoms with Crippen molar-refractivity contribution in [2.24, 2.45) is 11.0 Å². The Labute approximate surface area is 137 Å². The van der Waals surface area contributed by atoms with Crippen LogP contribution in [-0.2, 0) is 9.59 Å². The van der Waals surface area contributed by atoms with Crippen molar-refractivity contribution in [2.75, 3.05) is 5.32 Å². The van der Waals surface area contributed by atoms with Crippen molar-refractivity contribution in [2.45, 2.75) is 52.4 Å². The number of rotatable bonds is 8. The predicted octanol–water partition coefficient (Wildman–Crippen LogP) is 3.46. The molecule has 124 valence electrons. The number of nitrogens with zero attached hydrogens (tertiary/aromatic N) is 1. The van der Waals surface area contributed by atoms with E-state index in [1.165, 1.54) is 0 Å². The summed E-state index contributed by atoms with van der Waals surface area (Å²) in [6.45, 7) is 3.96. The lowest BCUT2D eigenvalue weighted by Crippen LogP contribution is -2.18. The van der Waals surface area contributed by atoms with Gasteiger partial charge in [-0.1, -0.05) is 31.9 Å². The highest BCUT2D eigenvalue weighted by atomic mass is 16.2. The summed E-state index contributed by atoms with van der Waals surface area (Å²) in [4.78, 5) is 23.3. The van der Waals surface area contributed by atoms with Gasteiger partial charge in [0.05, 0.1) is 5.71 Å². The van der Waals surface area contributed by atoms with Gasteiger partial charge in [-0.2, -0.15) is 5.10 Å². The van der Waals surface area contributed by atoms with E-state index in [1.807, 2.05) is 31.2 Å². The van der Waals surface area contributed by atoms with Crippen LogP contribution >= 0.6 is 0 Å². The molecule has 1 aromatic rings. The molecule has 5 nitrogen and oxygen atoms in total. The number of carbonyl (C=O) groups excluding carboxylic acids is 2. The fourth-order valence-corrected chi connectivity index (χ4v) is 2.19. The quantitative estimate of drug-likeness (QED) is 0.438. The Kier molecular flexibility index (Phi) is 6.32. The van der Waals surface area contributed by atoms with Crippen LogP contribution in [-0.4, -0.2) is 17.5 Å². The second-order valence-electron chi connectivity index (χ2n) is 6.03. The molecule has 5 heteroatoms. The SMILES string of the molecule is CCCCCC(=O)N/N=C(\C)c1ccc(NC(=O)C2CC2)cc1. The molecule has 2 rings (SSSR count). The smallest absolute Gasteiger partial charge is 0.240 e. The molecule has 1 saturated carbocycles. The molecule has 0 aliphatic heterocycles. The van der Waals surface area contributed by atoms with Crippen LogP contribution in [0.2, 0.25) is 0 Å². The van der Waals surface area contributed by atoms with Gasteiger partial charge >= 0.3 is 0 Å². The van der Waals surface area contributed by atoms with Gasteiger partial charge in [-0.25, -0.2) is 5.43 Å². The van der Waals surface area contributed by atoms with Crippen LogP contribution in [0.4, 0.5) is 5.69 Å². The van der Waals surface area contributed by atoms with Crippen LogP contribution in [0.5, 0.6) is 0 Å². The van der Waals surface area contributed by atoms with Crippen molar-refractivity contribution in [3.63, 3.8) is 0 Å². The monoisotopic (exact) mass is 315 g/mol. The molecule has 0 unspecified atom stereocenters. The molecule has 2 amide bonds. The van der Waals surface area contributed by atoms with Crippen LogP contribution in [0.25, 0.3) is 0 Å². The van der Waals surface area contributed by atoms with Crippen molar-refractivity contribution >= 4 is 23.2 Å². The Morgan fingerprint density at radius 3 is 2.48 bits per heavy atom. The van der Waals surface area contributed by atoms with Gasteiger partial charge in [-0.05, 0) is 43.9 Å². The zero-order valence-corrected chi connectivity index (χ0v) is 13.9. The number of anilines is 1. The van der Waals surface area contributed by atoms with E-state index < -0.39 is 0 Å². The third-order valence-electron chi connectivity index (χ3n) is 3.87. The fourth-order valence-electron chi connectivity index (χ4n) is 2.19. The van der Waals surface area contributed by atoms with E-state index in [1.54, 1.807) is 0 Å². The van der Waals surface area contributed by atoms with E-state index in [2.05, 4.69) is 22.8 Å². The lowest BCUT2D eigenvalue weighted by molar-refractivity contribution is -0.121. The second kappa shape index (κ2) is 8.46. The minimum atomic E-state index is -0.0499. The largest absolute Gasteiger partial charge is 0.326 e. The van der Waals surface area contributed by atoms with Gasteiger partial charge in [0.25, 0.3) is 0 Å². The third-order valence-corrected chi connectivity index (χ3v) is 3.87. The minimum absolute atomic E-state index is 0.0499. The van der Waals surface area contributed by atoms with Crippen molar-refractivity contribution in [3.05, 3.63) is 29.8 Å². The number of nitrogens with one attached hydrogen (secondary N) is 2. The average Bonchev–Trinajstić information content (AvgIpc) is 3.38. The van der Waals surface area contributed by atoms with Crippen LogP contribution in [0.1, 0.15) is 57.9 Å². The van der Waals surface area contributed by atoms with E-state index in [0.717, 1.165) is 49.1 Å². The summed E-state index contributed by atoms with van der Waals surface area (Å²) in [6, 6.07) is 7.50.